The summed E-state index contributed by atoms with van der Waals surface area (Å²) in [5.41, 5.74) is 3.09. The molecule has 0 aliphatic rings. The second kappa shape index (κ2) is 8.20. The molecule has 0 heterocycles. The van der Waals surface area contributed by atoms with Crippen molar-refractivity contribution >= 4 is 23.7 Å². The zero-order valence-electron chi connectivity index (χ0n) is 12.3. The van der Waals surface area contributed by atoms with E-state index in [1.54, 1.807) is 12.1 Å². The topological polar surface area (TPSA) is 50.7 Å². The molecule has 2 aromatic rings. The van der Waals surface area contributed by atoms with Crippen LogP contribution >= 0.6 is 11.6 Å². The van der Waals surface area contributed by atoms with E-state index < -0.39 is 0 Å². The second-order valence-electron chi connectivity index (χ2n) is 4.82. The number of rotatable bonds is 6. The molecular formula is C17H17ClN2O2. The smallest absolute Gasteiger partial charge is 0.261 e. The number of aryl methyl sites for hydroxylation is 1. The van der Waals surface area contributed by atoms with E-state index >= 15 is 0 Å². The van der Waals surface area contributed by atoms with Crippen LogP contribution in [-0.4, -0.2) is 18.7 Å². The van der Waals surface area contributed by atoms with Crippen LogP contribution in [0.25, 0.3) is 0 Å². The number of carbonyl (C=O) groups is 1. The molecule has 1 amide bonds. The highest BCUT2D eigenvalue weighted by atomic mass is 35.5. The summed E-state index contributed by atoms with van der Waals surface area (Å²) in [6, 6.07) is 15.1. The fourth-order valence-corrected chi connectivity index (χ4v) is 1.83. The molecule has 0 atom stereocenters. The largest absolute Gasteiger partial charge is 0.386 e. The molecule has 2 aromatic carbocycles. The molecule has 2 rings (SSSR count). The summed E-state index contributed by atoms with van der Waals surface area (Å²) in [5, 5.41) is 7.18. The van der Waals surface area contributed by atoms with Crippen molar-refractivity contribution in [3.8, 4) is 0 Å². The summed E-state index contributed by atoms with van der Waals surface area (Å²) in [7, 11) is 0. The van der Waals surface area contributed by atoms with Crippen molar-refractivity contribution in [1.82, 2.24) is 5.32 Å². The van der Waals surface area contributed by atoms with E-state index in [1.807, 2.05) is 43.3 Å². The molecule has 1 N–H and O–H groups in total. The number of benzene rings is 2. The average molecular weight is 317 g/mol. The predicted octanol–water partition coefficient (Wildman–Crippen LogP) is 3.32. The van der Waals surface area contributed by atoms with Crippen LogP contribution in [0.2, 0.25) is 5.02 Å². The van der Waals surface area contributed by atoms with E-state index in [9.17, 15) is 4.79 Å². The van der Waals surface area contributed by atoms with Gasteiger partial charge in [-0.05, 0) is 30.2 Å². The van der Waals surface area contributed by atoms with Gasteiger partial charge in [-0.3, -0.25) is 4.79 Å². The fourth-order valence-electron chi connectivity index (χ4n) is 1.70. The monoisotopic (exact) mass is 316 g/mol. The molecule has 114 valence electrons. The number of hydrogen-bond acceptors (Lipinski definition) is 3. The summed E-state index contributed by atoms with van der Waals surface area (Å²) in [6.07, 6.45) is 1.53. The Morgan fingerprint density at radius 2 is 1.86 bits per heavy atom. The van der Waals surface area contributed by atoms with Crippen LogP contribution in [-0.2, 0) is 16.2 Å². The Balaban J connectivity index is 1.69. The van der Waals surface area contributed by atoms with Gasteiger partial charge in [0.05, 0.1) is 6.21 Å². The Morgan fingerprint density at radius 1 is 1.18 bits per heavy atom. The summed E-state index contributed by atoms with van der Waals surface area (Å²) >= 11 is 5.78. The van der Waals surface area contributed by atoms with Crippen LogP contribution in [0.1, 0.15) is 16.7 Å². The molecule has 22 heavy (non-hydrogen) atoms. The van der Waals surface area contributed by atoms with Gasteiger partial charge >= 0.3 is 0 Å². The summed E-state index contributed by atoms with van der Waals surface area (Å²) in [5.74, 6) is -0.214. The Labute approximate surface area is 134 Å². The highest BCUT2D eigenvalue weighted by molar-refractivity contribution is 6.30. The fraction of sp³-hybridized carbons (Fsp3) is 0.176. The maximum atomic E-state index is 11.6. The first-order valence-corrected chi connectivity index (χ1v) is 7.24. The lowest BCUT2D eigenvalue weighted by atomic mass is 10.1. The van der Waals surface area contributed by atoms with Gasteiger partial charge in [0.1, 0.15) is 0 Å². The molecule has 0 saturated carbocycles. The molecule has 4 nitrogen and oxygen atoms in total. The van der Waals surface area contributed by atoms with Gasteiger partial charge in [-0.15, -0.1) is 0 Å². The van der Waals surface area contributed by atoms with Crippen molar-refractivity contribution in [1.29, 1.82) is 0 Å². The molecular weight excluding hydrogens is 300 g/mol. The van der Waals surface area contributed by atoms with Crippen LogP contribution in [0.4, 0.5) is 0 Å². The summed E-state index contributed by atoms with van der Waals surface area (Å²) in [4.78, 5) is 16.6. The van der Waals surface area contributed by atoms with Gasteiger partial charge in [0, 0.05) is 11.6 Å². The maximum absolute atomic E-state index is 11.6. The highest BCUT2D eigenvalue weighted by Crippen LogP contribution is 2.07. The maximum Gasteiger partial charge on any atom is 0.261 e. The lowest BCUT2D eigenvalue weighted by Crippen LogP contribution is -2.26. The van der Waals surface area contributed by atoms with Crippen molar-refractivity contribution in [3.63, 3.8) is 0 Å². The first kappa shape index (κ1) is 16.0. The van der Waals surface area contributed by atoms with E-state index in [1.165, 1.54) is 11.8 Å². The molecule has 0 saturated heterocycles. The first-order valence-electron chi connectivity index (χ1n) is 6.86. The lowest BCUT2D eigenvalue weighted by Gasteiger charge is -2.04. The van der Waals surface area contributed by atoms with Crippen LogP contribution in [0.15, 0.2) is 53.7 Å². The molecule has 0 aliphatic carbocycles. The number of nitrogens with one attached hydrogen (secondary N) is 1. The zero-order valence-corrected chi connectivity index (χ0v) is 13.0. The van der Waals surface area contributed by atoms with Gasteiger partial charge in [-0.25, -0.2) is 0 Å². The minimum Gasteiger partial charge on any atom is -0.386 e. The molecule has 0 aliphatic heterocycles. The van der Waals surface area contributed by atoms with E-state index in [0.717, 1.165) is 11.1 Å². The molecule has 0 aromatic heterocycles. The highest BCUT2D eigenvalue weighted by Gasteiger charge is 2.01. The third kappa shape index (κ3) is 5.58. The molecule has 0 radical (unpaired) electrons. The number of carbonyl (C=O) groups excluding carboxylic acids is 1. The molecule has 0 unspecified atom stereocenters. The number of oxime groups is 1. The van der Waals surface area contributed by atoms with Gasteiger partial charge in [0.25, 0.3) is 5.91 Å². The Bertz CT molecular complexity index is 637. The standard InChI is InChI=1S/C17H17ClN2O2/c1-13-2-4-14(5-3-13)10-19-17(21)12-22-20-11-15-6-8-16(18)9-7-15/h2-9,11H,10,12H2,1H3,(H,19,21)/b20-11+. The molecule has 0 spiro atoms. The first-order chi connectivity index (χ1) is 10.6. The van der Waals surface area contributed by atoms with Crippen molar-refractivity contribution in [3.05, 3.63) is 70.2 Å². The zero-order chi connectivity index (χ0) is 15.8. The average Bonchev–Trinajstić information content (AvgIpc) is 2.53. The number of hydrogen-bond donors (Lipinski definition) is 1. The van der Waals surface area contributed by atoms with E-state index in [4.69, 9.17) is 16.4 Å². The third-order valence-electron chi connectivity index (χ3n) is 2.95. The Kier molecular flexibility index (Phi) is 5.98. The molecule has 5 heteroatoms. The second-order valence-corrected chi connectivity index (χ2v) is 5.26. The minimum atomic E-state index is -0.214. The quantitative estimate of drug-likeness (QED) is 0.656. The van der Waals surface area contributed by atoms with Crippen LogP contribution in [0.3, 0.4) is 0 Å². The SMILES string of the molecule is Cc1ccc(CNC(=O)CO/N=C/c2ccc(Cl)cc2)cc1. The molecule has 0 bridgehead atoms. The van der Waals surface area contributed by atoms with Gasteiger partial charge in [-0.1, -0.05) is 58.7 Å². The van der Waals surface area contributed by atoms with Gasteiger partial charge in [0.2, 0.25) is 0 Å². The Morgan fingerprint density at radius 3 is 2.55 bits per heavy atom. The van der Waals surface area contributed by atoms with Crippen LogP contribution in [0.5, 0.6) is 0 Å². The minimum absolute atomic E-state index is 0.115. The summed E-state index contributed by atoms with van der Waals surface area (Å²) < 4.78 is 0. The van der Waals surface area contributed by atoms with Crippen molar-refractivity contribution in [2.45, 2.75) is 13.5 Å². The van der Waals surface area contributed by atoms with Gasteiger partial charge < -0.3 is 10.2 Å². The third-order valence-corrected chi connectivity index (χ3v) is 3.20. The predicted molar refractivity (Wildman–Crippen MR) is 88.0 cm³/mol. The van der Waals surface area contributed by atoms with E-state index in [-0.39, 0.29) is 12.5 Å². The van der Waals surface area contributed by atoms with Crippen LogP contribution < -0.4 is 5.32 Å². The number of nitrogens with zero attached hydrogens (tertiary/aromatic N) is 1. The Hall–Kier alpha value is -2.33. The lowest BCUT2D eigenvalue weighted by molar-refractivity contribution is -0.125. The van der Waals surface area contributed by atoms with Crippen molar-refractivity contribution < 1.29 is 9.63 Å². The summed E-state index contributed by atoms with van der Waals surface area (Å²) in [6.45, 7) is 2.38. The van der Waals surface area contributed by atoms with Gasteiger partial charge in [0.15, 0.2) is 6.61 Å². The van der Waals surface area contributed by atoms with E-state index in [0.29, 0.717) is 11.6 Å². The van der Waals surface area contributed by atoms with Crippen molar-refractivity contribution in [2.75, 3.05) is 6.61 Å². The normalized spacial score (nSPS) is 10.6. The van der Waals surface area contributed by atoms with Crippen LogP contribution in [0, 0.1) is 6.92 Å². The van der Waals surface area contributed by atoms with Crippen molar-refractivity contribution in [2.24, 2.45) is 5.16 Å². The molecule has 0 fully saturated rings. The number of halogens is 1. The van der Waals surface area contributed by atoms with E-state index in [2.05, 4.69) is 10.5 Å². The van der Waals surface area contributed by atoms with Gasteiger partial charge in [-0.2, -0.15) is 0 Å². The number of amides is 1.